The van der Waals surface area contributed by atoms with Crippen molar-refractivity contribution in [3.63, 3.8) is 0 Å². The zero-order chi connectivity index (χ0) is 19.7. The summed E-state index contributed by atoms with van der Waals surface area (Å²) in [6.45, 7) is 16.3. The predicted molar refractivity (Wildman–Crippen MR) is 101 cm³/mol. The summed E-state index contributed by atoms with van der Waals surface area (Å²) in [5, 5.41) is 2.94. The molecule has 0 rings (SSSR count). The monoisotopic (exact) mass is 376 g/mol. The summed E-state index contributed by atoms with van der Waals surface area (Å²) in [5.41, 5.74) is 0.490. The van der Waals surface area contributed by atoms with Gasteiger partial charge in [0.25, 0.3) is 0 Å². The van der Waals surface area contributed by atoms with Gasteiger partial charge in [-0.15, -0.1) is 0 Å². The fourth-order valence-electron chi connectivity index (χ4n) is 3.35. The number of rotatable bonds is 13. The topological polar surface area (TPSA) is 86.3 Å². The third kappa shape index (κ3) is 9.37. The minimum absolute atomic E-state index is 0.0193. The molecule has 1 N–H and O–H groups in total. The lowest BCUT2D eigenvalue weighted by molar-refractivity contribution is -0.950. The van der Waals surface area contributed by atoms with Gasteiger partial charge >= 0.3 is 0 Å². The van der Waals surface area contributed by atoms with Crippen molar-refractivity contribution in [3.8, 4) is 0 Å². The second-order valence-electron chi connectivity index (χ2n) is 7.23. The van der Waals surface area contributed by atoms with Gasteiger partial charge in [0.2, 0.25) is 5.91 Å². The first-order valence-electron chi connectivity index (χ1n) is 9.23. The zero-order valence-corrected chi connectivity index (χ0v) is 17.3. The van der Waals surface area contributed by atoms with Crippen molar-refractivity contribution in [3.05, 3.63) is 12.2 Å². The van der Waals surface area contributed by atoms with Gasteiger partial charge in [-0.1, -0.05) is 20.4 Å². The summed E-state index contributed by atoms with van der Waals surface area (Å²) >= 11 is 0. The first-order chi connectivity index (χ1) is 11.5. The van der Waals surface area contributed by atoms with Gasteiger partial charge in [0.15, 0.2) is 0 Å². The highest BCUT2D eigenvalue weighted by molar-refractivity contribution is 7.85. The van der Waals surface area contributed by atoms with Crippen molar-refractivity contribution >= 4 is 16.0 Å². The van der Waals surface area contributed by atoms with Gasteiger partial charge in [0.05, 0.1) is 35.8 Å². The normalized spacial score (nSPS) is 14.8. The molecule has 0 aliphatic rings. The zero-order valence-electron chi connectivity index (χ0n) is 16.5. The fraction of sp³-hybridized carbons (Fsp3) is 0.833. The molecule has 0 bridgehead atoms. The molecule has 0 spiro atoms. The number of carbonyl (C=O) groups is 1. The lowest BCUT2D eigenvalue weighted by Gasteiger charge is -2.44. The molecule has 2 unspecified atom stereocenters. The van der Waals surface area contributed by atoms with E-state index in [4.69, 9.17) is 0 Å². The second-order valence-corrected chi connectivity index (χ2v) is 8.76. The highest BCUT2D eigenvalue weighted by Crippen LogP contribution is 2.21. The van der Waals surface area contributed by atoms with E-state index in [2.05, 4.69) is 25.7 Å². The number of nitrogens with one attached hydrogen (secondary N) is 1. The van der Waals surface area contributed by atoms with Gasteiger partial charge in [-0.3, -0.25) is 4.79 Å². The Morgan fingerprint density at radius 3 is 2.04 bits per heavy atom. The van der Waals surface area contributed by atoms with Crippen LogP contribution in [0.3, 0.4) is 0 Å². The Bertz CT molecular complexity index is 525. The van der Waals surface area contributed by atoms with E-state index in [-0.39, 0.29) is 23.7 Å². The SMILES string of the molecule is C=C(C)C(=O)NC(C)CC[N+](CCC)(CCC)C(C)CCS(=O)(=O)[O-]. The Kier molecular flexibility index (Phi) is 10.5. The maximum absolute atomic E-state index is 11.8. The minimum Gasteiger partial charge on any atom is -0.748 e. The van der Waals surface area contributed by atoms with E-state index in [1.807, 2.05) is 13.8 Å². The number of hydrogen-bond donors (Lipinski definition) is 1. The van der Waals surface area contributed by atoms with Gasteiger partial charge < -0.3 is 14.4 Å². The first-order valence-corrected chi connectivity index (χ1v) is 10.8. The Morgan fingerprint density at radius 2 is 1.64 bits per heavy atom. The Hall–Kier alpha value is -0.920. The molecule has 0 radical (unpaired) electrons. The van der Waals surface area contributed by atoms with Crippen LogP contribution in [0, 0.1) is 0 Å². The molecule has 1 amide bonds. The van der Waals surface area contributed by atoms with Crippen LogP contribution in [0.4, 0.5) is 0 Å². The van der Waals surface area contributed by atoms with E-state index in [0.717, 1.165) is 43.4 Å². The van der Waals surface area contributed by atoms with E-state index in [0.29, 0.717) is 12.0 Å². The lowest BCUT2D eigenvalue weighted by Crippen LogP contribution is -2.57. The van der Waals surface area contributed by atoms with Gasteiger partial charge in [-0.25, -0.2) is 8.42 Å². The van der Waals surface area contributed by atoms with E-state index >= 15 is 0 Å². The summed E-state index contributed by atoms with van der Waals surface area (Å²) in [6.07, 6.45) is 3.15. The summed E-state index contributed by atoms with van der Waals surface area (Å²) in [5.74, 6) is -0.453. The quantitative estimate of drug-likeness (QED) is 0.304. The Balaban J connectivity index is 5.06. The predicted octanol–water partition coefficient (Wildman–Crippen LogP) is 2.42. The highest BCUT2D eigenvalue weighted by Gasteiger charge is 2.32. The first kappa shape index (κ1) is 24.1. The van der Waals surface area contributed by atoms with Crippen molar-refractivity contribution in [2.45, 2.75) is 72.4 Å². The highest BCUT2D eigenvalue weighted by atomic mass is 32.2. The standard InChI is InChI=1S/C18H36N2O4S/c1-7-11-20(12-8-2,17(6)10-14-25(22,23)24)13-9-16(5)19-18(21)15(3)4/h16-17H,3,7-14H2,1-2,4-6H3,(H-,19,21,22,23,24). The van der Waals surface area contributed by atoms with Crippen molar-refractivity contribution in [2.75, 3.05) is 25.4 Å². The van der Waals surface area contributed by atoms with Crippen molar-refractivity contribution in [2.24, 2.45) is 0 Å². The number of quaternary nitrogens is 1. The summed E-state index contributed by atoms with van der Waals surface area (Å²) < 4.78 is 33.8. The summed E-state index contributed by atoms with van der Waals surface area (Å²) in [7, 11) is -4.19. The molecule has 0 aromatic rings. The van der Waals surface area contributed by atoms with Crippen LogP contribution >= 0.6 is 0 Å². The van der Waals surface area contributed by atoms with Gasteiger partial charge in [-0.2, -0.15) is 0 Å². The largest absolute Gasteiger partial charge is 0.748 e. The third-order valence-corrected chi connectivity index (χ3v) is 5.57. The van der Waals surface area contributed by atoms with Gasteiger partial charge in [0, 0.05) is 30.2 Å². The maximum Gasteiger partial charge on any atom is 0.246 e. The second kappa shape index (κ2) is 10.9. The van der Waals surface area contributed by atoms with Crippen molar-refractivity contribution in [1.82, 2.24) is 5.32 Å². The maximum atomic E-state index is 11.8. The van der Waals surface area contributed by atoms with Gasteiger partial charge in [0.1, 0.15) is 0 Å². The molecule has 0 aliphatic heterocycles. The smallest absolute Gasteiger partial charge is 0.246 e. The summed E-state index contributed by atoms with van der Waals surface area (Å²) in [4.78, 5) is 11.8. The number of hydrogen-bond acceptors (Lipinski definition) is 4. The molecule has 0 aliphatic carbocycles. The molecule has 0 fully saturated rings. The Morgan fingerprint density at radius 1 is 1.12 bits per heavy atom. The molecular formula is C18H36N2O4S. The fourth-order valence-corrected chi connectivity index (χ4v) is 3.98. The van der Waals surface area contributed by atoms with Gasteiger partial charge in [-0.05, 0) is 33.6 Å². The van der Waals surface area contributed by atoms with Crippen LogP contribution in [0.1, 0.15) is 60.3 Å². The van der Waals surface area contributed by atoms with Crippen LogP contribution in [-0.4, -0.2) is 60.8 Å². The van der Waals surface area contributed by atoms with E-state index < -0.39 is 10.1 Å². The Labute approximate surface area is 154 Å². The molecule has 0 saturated heterocycles. The lowest BCUT2D eigenvalue weighted by atomic mass is 10.1. The van der Waals surface area contributed by atoms with Crippen LogP contribution < -0.4 is 5.32 Å². The molecule has 0 heterocycles. The minimum atomic E-state index is -4.19. The molecule has 25 heavy (non-hydrogen) atoms. The van der Waals surface area contributed by atoms with Crippen molar-refractivity contribution < 1.29 is 22.2 Å². The number of carbonyl (C=O) groups excluding carboxylic acids is 1. The molecule has 0 aromatic carbocycles. The average Bonchev–Trinajstić information content (AvgIpc) is 2.49. The molecular weight excluding hydrogens is 340 g/mol. The molecule has 0 saturated carbocycles. The third-order valence-electron chi connectivity index (χ3n) is 4.83. The number of nitrogens with zero attached hydrogens (tertiary/aromatic N) is 1. The molecule has 7 heteroatoms. The van der Waals surface area contributed by atoms with Crippen LogP contribution in [0.2, 0.25) is 0 Å². The molecule has 6 nitrogen and oxygen atoms in total. The molecule has 2 atom stereocenters. The van der Waals surface area contributed by atoms with Crippen molar-refractivity contribution in [1.29, 1.82) is 0 Å². The van der Waals surface area contributed by atoms with E-state index in [1.54, 1.807) is 6.92 Å². The van der Waals surface area contributed by atoms with Crippen LogP contribution in [-0.2, 0) is 14.9 Å². The van der Waals surface area contributed by atoms with Crippen LogP contribution in [0.5, 0.6) is 0 Å². The van der Waals surface area contributed by atoms with Crippen LogP contribution in [0.15, 0.2) is 12.2 Å². The van der Waals surface area contributed by atoms with E-state index in [9.17, 15) is 17.8 Å². The molecule has 0 aromatic heterocycles. The number of amides is 1. The average molecular weight is 377 g/mol. The van der Waals surface area contributed by atoms with E-state index in [1.165, 1.54) is 0 Å². The van der Waals surface area contributed by atoms with Crippen LogP contribution in [0.25, 0.3) is 0 Å². The summed E-state index contributed by atoms with van der Waals surface area (Å²) in [6, 6.07) is 0.110. The molecule has 148 valence electrons.